The summed E-state index contributed by atoms with van der Waals surface area (Å²) in [5, 5.41) is 7.14. The number of carbonyl (C=O) groups excluding carboxylic acids is 1. The average molecular weight is 281 g/mol. The molecule has 1 aromatic carbocycles. The molecule has 0 radical (unpaired) electrons. The maximum Gasteiger partial charge on any atom is 0.240 e. The molecule has 1 aromatic rings. The molecule has 2 rings (SSSR count). The molecule has 1 saturated heterocycles. The van der Waals surface area contributed by atoms with Crippen molar-refractivity contribution in [1.29, 1.82) is 0 Å². The van der Waals surface area contributed by atoms with Gasteiger partial charge in [-0.3, -0.25) is 4.79 Å². The molecule has 0 bridgehead atoms. The van der Waals surface area contributed by atoms with E-state index in [1.54, 1.807) is 0 Å². The largest absolute Gasteiger partial charge is 0.348 e. The fourth-order valence-electron chi connectivity index (χ4n) is 2.66. The molecule has 104 valence electrons. The highest BCUT2D eigenvalue weighted by Crippen LogP contribution is 2.25. The molecule has 2 atom stereocenters. The van der Waals surface area contributed by atoms with Gasteiger partial charge in [-0.2, -0.15) is 0 Å². The van der Waals surface area contributed by atoms with Crippen LogP contribution in [0.1, 0.15) is 44.7 Å². The Hall–Kier alpha value is -1.06. The van der Waals surface area contributed by atoms with Gasteiger partial charge in [-0.1, -0.05) is 30.7 Å². The van der Waals surface area contributed by atoms with Gasteiger partial charge in [-0.25, -0.2) is 0 Å². The van der Waals surface area contributed by atoms with Crippen LogP contribution in [-0.4, -0.2) is 18.0 Å². The Bertz CT molecular complexity index is 455. The SMILES string of the molecule is CCC1(C(=O)NC(C)c2cccc(Cl)c2)CCCN1. The van der Waals surface area contributed by atoms with Gasteiger partial charge in [0.2, 0.25) is 5.91 Å². The van der Waals surface area contributed by atoms with Crippen molar-refractivity contribution >= 4 is 17.5 Å². The maximum atomic E-state index is 12.5. The van der Waals surface area contributed by atoms with Crippen LogP contribution >= 0.6 is 11.6 Å². The van der Waals surface area contributed by atoms with Crippen LogP contribution < -0.4 is 10.6 Å². The summed E-state index contributed by atoms with van der Waals surface area (Å²) in [4.78, 5) is 12.5. The summed E-state index contributed by atoms with van der Waals surface area (Å²) >= 11 is 5.98. The predicted molar refractivity (Wildman–Crippen MR) is 78.3 cm³/mol. The molecular weight excluding hydrogens is 260 g/mol. The van der Waals surface area contributed by atoms with Gasteiger partial charge in [0, 0.05) is 5.02 Å². The summed E-state index contributed by atoms with van der Waals surface area (Å²) in [5.74, 6) is 0.0972. The molecule has 19 heavy (non-hydrogen) atoms. The molecule has 2 unspecified atom stereocenters. The fraction of sp³-hybridized carbons (Fsp3) is 0.533. The van der Waals surface area contributed by atoms with Crippen LogP contribution in [0.2, 0.25) is 5.02 Å². The van der Waals surface area contributed by atoms with E-state index in [0.29, 0.717) is 5.02 Å². The van der Waals surface area contributed by atoms with Crippen molar-refractivity contribution in [1.82, 2.24) is 10.6 Å². The Morgan fingerprint density at radius 2 is 2.37 bits per heavy atom. The van der Waals surface area contributed by atoms with Crippen LogP contribution in [-0.2, 0) is 4.79 Å². The lowest BCUT2D eigenvalue weighted by Gasteiger charge is -2.28. The molecule has 1 amide bonds. The number of amides is 1. The molecule has 0 aromatic heterocycles. The Balaban J connectivity index is 2.06. The van der Waals surface area contributed by atoms with Crippen LogP contribution in [0, 0.1) is 0 Å². The minimum Gasteiger partial charge on any atom is -0.348 e. The Kier molecular flexibility index (Phi) is 4.48. The van der Waals surface area contributed by atoms with E-state index in [4.69, 9.17) is 11.6 Å². The molecule has 2 N–H and O–H groups in total. The van der Waals surface area contributed by atoms with E-state index < -0.39 is 0 Å². The highest BCUT2D eigenvalue weighted by atomic mass is 35.5. The highest BCUT2D eigenvalue weighted by molar-refractivity contribution is 6.30. The van der Waals surface area contributed by atoms with Gasteiger partial charge in [-0.05, 0) is 50.4 Å². The van der Waals surface area contributed by atoms with Crippen molar-refractivity contribution in [2.24, 2.45) is 0 Å². The zero-order valence-corrected chi connectivity index (χ0v) is 12.3. The molecule has 0 aliphatic carbocycles. The van der Waals surface area contributed by atoms with Crippen LogP contribution in [0.3, 0.4) is 0 Å². The number of carbonyl (C=O) groups is 1. The quantitative estimate of drug-likeness (QED) is 0.890. The molecule has 1 aliphatic rings. The third-order valence-corrected chi connectivity index (χ3v) is 4.21. The minimum atomic E-state index is -0.382. The maximum absolute atomic E-state index is 12.5. The molecule has 0 spiro atoms. The number of nitrogens with one attached hydrogen (secondary N) is 2. The first-order chi connectivity index (χ1) is 9.07. The number of hydrogen-bond acceptors (Lipinski definition) is 2. The normalized spacial score (nSPS) is 24.2. The first-order valence-electron chi connectivity index (χ1n) is 6.89. The van der Waals surface area contributed by atoms with Crippen LogP contribution in [0.5, 0.6) is 0 Å². The molecule has 0 saturated carbocycles. The second-order valence-corrected chi connectivity index (χ2v) is 5.65. The van der Waals surface area contributed by atoms with Crippen molar-refractivity contribution in [3.63, 3.8) is 0 Å². The van der Waals surface area contributed by atoms with E-state index in [2.05, 4.69) is 17.6 Å². The third kappa shape index (κ3) is 3.10. The summed E-state index contributed by atoms with van der Waals surface area (Å²) < 4.78 is 0. The number of halogens is 1. The van der Waals surface area contributed by atoms with Gasteiger partial charge >= 0.3 is 0 Å². The standard InChI is InChI=1S/C15H21ClN2O/c1-3-15(8-5-9-17-15)14(19)18-11(2)12-6-4-7-13(16)10-12/h4,6-7,10-11,17H,3,5,8-9H2,1-2H3,(H,18,19). The van der Waals surface area contributed by atoms with Gasteiger partial charge in [0.25, 0.3) is 0 Å². The minimum absolute atomic E-state index is 0.0305. The molecule has 1 aliphatic heterocycles. The first kappa shape index (κ1) is 14.4. The predicted octanol–water partition coefficient (Wildman–Crippen LogP) is 3.05. The lowest BCUT2D eigenvalue weighted by Crippen LogP contribution is -2.53. The first-order valence-corrected chi connectivity index (χ1v) is 7.26. The van der Waals surface area contributed by atoms with E-state index in [0.717, 1.165) is 31.4 Å². The van der Waals surface area contributed by atoms with E-state index in [1.807, 2.05) is 31.2 Å². The number of rotatable bonds is 4. The van der Waals surface area contributed by atoms with E-state index in [-0.39, 0.29) is 17.5 Å². The third-order valence-electron chi connectivity index (χ3n) is 3.98. The average Bonchev–Trinajstić information content (AvgIpc) is 2.88. The van der Waals surface area contributed by atoms with Crippen molar-refractivity contribution in [3.8, 4) is 0 Å². The Morgan fingerprint density at radius 1 is 1.58 bits per heavy atom. The Morgan fingerprint density at radius 3 is 2.95 bits per heavy atom. The summed E-state index contributed by atoms with van der Waals surface area (Å²) in [5.41, 5.74) is 0.650. The molecule has 4 heteroatoms. The highest BCUT2D eigenvalue weighted by Gasteiger charge is 2.39. The van der Waals surface area contributed by atoms with Gasteiger partial charge in [0.05, 0.1) is 11.6 Å². The van der Waals surface area contributed by atoms with Gasteiger partial charge in [-0.15, -0.1) is 0 Å². The second-order valence-electron chi connectivity index (χ2n) is 5.22. The smallest absolute Gasteiger partial charge is 0.240 e. The topological polar surface area (TPSA) is 41.1 Å². The van der Waals surface area contributed by atoms with Crippen LogP contribution in [0.15, 0.2) is 24.3 Å². The van der Waals surface area contributed by atoms with Crippen LogP contribution in [0.4, 0.5) is 0 Å². The summed E-state index contributed by atoms with van der Waals surface area (Å²) in [7, 11) is 0. The second kappa shape index (κ2) is 5.93. The zero-order valence-electron chi connectivity index (χ0n) is 11.5. The summed E-state index contributed by atoms with van der Waals surface area (Å²) in [6, 6.07) is 7.59. The molecule has 3 nitrogen and oxygen atoms in total. The monoisotopic (exact) mass is 280 g/mol. The number of hydrogen-bond donors (Lipinski definition) is 2. The van der Waals surface area contributed by atoms with E-state index in [9.17, 15) is 4.79 Å². The molecule has 1 fully saturated rings. The molecule has 1 heterocycles. The number of benzene rings is 1. The van der Waals surface area contributed by atoms with Crippen molar-refractivity contribution in [2.75, 3.05) is 6.54 Å². The van der Waals surface area contributed by atoms with E-state index >= 15 is 0 Å². The fourth-order valence-corrected chi connectivity index (χ4v) is 2.86. The zero-order chi connectivity index (χ0) is 13.9. The van der Waals surface area contributed by atoms with Gasteiger partial charge < -0.3 is 10.6 Å². The summed E-state index contributed by atoms with van der Waals surface area (Å²) in [6.45, 7) is 4.97. The Labute approximate surface area is 119 Å². The van der Waals surface area contributed by atoms with Crippen LogP contribution in [0.25, 0.3) is 0 Å². The molecular formula is C15H21ClN2O. The van der Waals surface area contributed by atoms with Gasteiger partial charge in [0.15, 0.2) is 0 Å². The van der Waals surface area contributed by atoms with Crippen molar-refractivity contribution < 1.29 is 4.79 Å². The lowest BCUT2D eigenvalue weighted by molar-refractivity contribution is -0.128. The summed E-state index contributed by atoms with van der Waals surface area (Å²) in [6.07, 6.45) is 2.80. The van der Waals surface area contributed by atoms with Crippen molar-refractivity contribution in [2.45, 2.75) is 44.7 Å². The van der Waals surface area contributed by atoms with Gasteiger partial charge in [0.1, 0.15) is 0 Å². The van der Waals surface area contributed by atoms with E-state index in [1.165, 1.54) is 0 Å². The van der Waals surface area contributed by atoms with Crippen molar-refractivity contribution in [3.05, 3.63) is 34.9 Å². The lowest BCUT2D eigenvalue weighted by atomic mass is 9.92.